The van der Waals surface area contributed by atoms with Gasteiger partial charge >= 0.3 is 0 Å². The molecule has 0 bridgehead atoms. The molecule has 0 spiro atoms. The second-order valence-corrected chi connectivity index (χ2v) is 2.91. The van der Waals surface area contributed by atoms with Gasteiger partial charge in [0.1, 0.15) is 12.9 Å². The van der Waals surface area contributed by atoms with Crippen LogP contribution in [-0.2, 0) is 11.3 Å². The van der Waals surface area contributed by atoms with E-state index < -0.39 is 0 Å². The topological polar surface area (TPSA) is 60.2 Å². The van der Waals surface area contributed by atoms with Crippen LogP contribution in [0, 0.1) is 0 Å². The highest BCUT2D eigenvalue weighted by atomic mass is 16.5. The molecule has 5 heteroatoms. The minimum atomic E-state index is -0.0721. The monoisotopic (exact) mass is 185 g/mol. The largest absolute Gasteiger partial charge is 0.388 e. The first-order valence-electron chi connectivity index (χ1n) is 4.27. The van der Waals surface area contributed by atoms with E-state index in [0.717, 1.165) is 6.42 Å². The molecule has 0 aliphatic heterocycles. The molecule has 1 atom stereocenters. The Bertz CT molecular complexity index is 249. The lowest BCUT2D eigenvalue weighted by Gasteiger charge is -2.12. The van der Waals surface area contributed by atoms with Crippen LogP contribution in [0.25, 0.3) is 0 Å². The molecule has 5 nitrogen and oxygen atoms in total. The lowest BCUT2D eigenvalue weighted by molar-refractivity contribution is 0.175. The summed E-state index contributed by atoms with van der Waals surface area (Å²) in [7, 11) is 1.67. The average Bonchev–Trinajstić information content (AvgIpc) is 2.61. The minimum absolute atomic E-state index is 0.0721. The first-order valence-corrected chi connectivity index (χ1v) is 4.27. The summed E-state index contributed by atoms with van der Waals surface area (Å²) >= 11 is 0. The van der Waals surface area contributed by atoms with Crippen LogP contribution in [0.1, 0.15) is 25.2 Å². The van der Waals surface area contributed by atoms with E-state index in [1.165, 1.54) is 6.33 Å². The molecule has 0 fully saturated rings. The summed E-state index contributed by atoms with van der Waals surface area (Å²) in [5, 5.41) is 13.0. The van der Waals surface area contributed by atoms with E-state index in [0.29, 0.717) is 12.4 Å². The number of methoxy groups -OCH3 is 1. The fraction of sp³-hybridized carbons (Fsp3) is 0.750. The summed E-state index contributed by atoms with van der Waals surface area (Å²) in [6, 6.07) is 0.213. The molecular weight excluding hydrogens is 170 g/mol. The highest BCUT2D eigenvalue weighted by Gasteiger charge is 2.09. The second kappa shape index (κ2) is 4.94. The minimum Gasteiger partial charge on any atom is -0.388 e. The highest BCUT2D eigenvalue weighted by Crippen LogP contribution is 2.10. The SMILES string of the molecule is COCCC(C)n1ncnc1CO. The van der Waals surface area contributed by atoms with Gasteiger partial charge in [-0.25, -0.2) is 9.67 Å². The fourth-order valence-corrected chi connectivity index (χ4v) is 1.17. The number of rotatable bonds is 5. The summed E-state index contributed by atoms with van der Waals surface area (Å²) in [5.74, 6) is 0.601. The van der Waals surface area contributed by atoms with Gasteiger partial charge in [-0.3, -0.25) is 0 Å². The molecule has 13 heavy (non-hydrogen) atoms. The van der Waals surface area contributed by atoms with Crippen molar-refractivity contribution in [3.8, 4) is 0 Å². The van der Waals surface area contributed by atoms with E-state index in [9.17, 15) is 0 Å². The number of hydrogen-bond donors (Lipinski definition) is 1. The second-order valence-electron chi connectivity index (χ2n) is 2.91. The van der Waals surface area contributed by atoms with Crippen molar-refractivity contribution < 1.29 is 9.84 Å². The smallest absolute Gasteiger partial charge is 0.152 e. The summed E-state index contributed by atoms with van der Waals surface area (Å²) in [6.45, 7) is 2.63. The molecule has 0 aromatic carbocycles. The average molecular weight is 185 g/mol. The quantitative estimate of drug-likeness (QED) is 0.720. The molecule has 1 rings (SSSR count). The zero-order chi connectivity index (χ0) is 9.68. The van der Waals surface area contributed by atoms with Gasteiger partial charge in [0.05, 0.1) is 6.04 Å². The van der Waals surface area contributed by atoms with Gasteiger partial charge in [-0.1, -0.05) is 0 Å². The van der Waals surface area contributed by atoms with Gasteiger partial charge in [0, 0.05) is 13.7 Å². The molecule has 0 saturated heterocycles. The molecule has 0 aliphatic carbocycles. The molecule has 1 N–H and O–H groups in total. The molecule has 1 unspecified atom stereocenters. The number of ether oxygens (including phenoxy) is 1. The summed E-state index contributed by atoms with van der Waals surface area (Å²) < 4.78 is 6.68. The molecule has 1 aromatic rings. The van der Waals surface area contributed by atoms with Crippen LogP contribution in [0.2, 0.25) is 0 Å². The molecule has 1 aromatic heterocycles. The van der Waals surface area contributed by atoms with Crippen molar-refractivity contribution in [2.75, 3.05) is 13.7 Å². The third-order valence-electron chi connectivity index (χ3n) is 1.95. The van der Waals surface area contributed by atoms with Crippen LogP contribution in [0.5, 0.6) is 0 Å². The van der Waals surface area contributed by atoms with Crippen molar-refractivity contribution >= 4 is 0 Å². The summed E-state index contributed by atoms with van der Waals surface area (Å²) in [6.07, 6.45) is 2.32. The van der Waals surface area contributed by atoms with Crippen LogP contribution in [-0.4, -0.2) is 33.6 Å². The van der Waals surface area contributed by atoms with Crippen molar-refractivity contribution in [2.45, 2.75) is 26.0 Å². The van der Waals surface area contributed by atoms with Crippen molar-refractivity contribution in [2.24, 2.45) is 0 Å². The molecule has 1 heterocycles. The van der Waals surface area contributed by atoms with Gasteiger partial charge in [0.15, 0.2) is 5.82 Å². The van der Waals surface area contributed by atoms with Crippen LogP contribution in [0.15, 0.2) is 6.33 Å². The van der Waals surface area contributed by atoms with E-state index in [-0.39, 0.29) is 12.6 Å². The van der Waals surface area contributed by atoms with E-state index in [1.54, 1.807) is 11.8 Å². The fourth-order valence-electron chi connectivity index (χ4n) is 1.17. The van der Waals surface area contributed by atoms with Crippen LogP contribution in [0.4, 0.5) is 0 Å². The molecule has 0 saturated carbocycles. The zero-order valence-electron chi connectivity index (χ0n) is 7.97. The van der Waals surface area contributed by atoms with Crippen LogP contribution in [0.3, 0.4) is 0 Å². The zero-order valence-corrected chi connectivity index (χ0v) is 7.97. The van der Waals surface area contributed by atoms with Crippen molar-refractivity contribution in [3.05, 3.63) is 12.2 Å². The van der Waals surface area contributed by atoms with Gasteiger partial charge in [-0.2, -0.15) is 5.10 Å². The van der Waals surface area contributed by atoms with Gasteiger partial charge in [0.25, 0.3) is 0 Å². The van der Waals surface area contributed by atoms with Crippen molar-refractivity contribution in [1.82, 2.24) is 14.8 Å². The Morgan fingerprint density at radius 3 is 3.08 bits per heavy atom. The van der Waals surface area contributed by atoms with Gasteiger partial charge in [0.2, 0.25) is 0 Å². The molecule has 0 radical (unpaired) electrons. The Hall–Kier alpha value is -0.940. The maximum atomic E-state index is 8.93. The Balaban J connectivity index is 2.59. The molecular formula is C8H15N3O2. The summed E-state index contributed by atoms with van der Waals surface area (Å²) in [5.41, 5.74) is 0. The van der Waals surface area contributed by atoms with Crippen molar-refractivity contribution in [3.63, 3.8) is 0 Å². The Morgan fingerprint density at radius 2 is 2.46 bits per heavy atom. The Labute approximate surface area is 77.4 Å². The third kappa shape index (κ3) is 2.50. The van der Waals surface area contributed by atoms with E-state index in [2.05, 4.69) is 10.1 Å². The van der Waals surface area contributed by atoms with E-state index >= 15 is 0 Å². The number of hydrogen-bond acceptors (Lipinski definition) is 4. The predicted molar refractivity (Wildman–Crippen MR) is 47.1 cm³/mol. The highest BCUT2D eigenvalue weighted by molar-refractivity contribution is 4.83. The van der Waals surface area contributed by atoms with E-state index in [1.807, 2.05) is 6.92 Å². The maximum absolute atomic E-state index is 8.93. The first kappa shape index (κ1) is 10.1. The maximum Gasteiger partial charge on any atom is 0.152 e. The Morgan fingerprint density at radius 1 is 1.69 bits per heavy atom. The van der Waals surface area contributed by atoms with Crippen LogP contribution < -0.4 is 0 Å². The lowest BCUT2D eigenvalue weighted by Crippen LogP contribution is -2.13. The van der Waals surface area contributed by atoms with Gasteiger partial charge < -0.3 is 9.84 Å². The number of aromatic nitrogens is 3. The molecule has 74 valence electrons. The van der Waals surface area contributed by atoms with Crippen molar-refractivity contribution in [1.29, 1.82) is 0 Å². The molecule has 0 amide bonds. The first-order chi connectivity index (χ1) is 6.29. The predicted octanol–water partition coefficient (Wildman–Crippen LogP) is 0.368. The molecule has 0 aliphatic rings. The van der Waals surface area contributed by atoms with E-state index in [4.69, 9.17) is 9.84 Å². The number of nitrogens with zero attached hydrogens (tertiary/aromatic N) is 3. The summed E-state index contributed by atoms with van der Waals surface area (Å²) in [4.78, 5) is 3.92. The van der Waals surface area contributed by atoms with Crippen LogP contribution >= 0.6 is 0 Å². The van der Waals surface area contributed by atoms with Gasteiger partial charge in [-0.15, -0.1) is 0 Å². The normalized spacial score (nSPS) is 13.2. The lowest BCUT2D eigenvalue weighted by atomic mass is 10.2. The number of aliphatic hydroxyl groups excluding tert-OH is 1. The standard InChI is InChI=1S/C8H15N3O2/c1-7(3-4-13-2)11-8(5-12)9-6-10-11/h6-7,12H,3-5H2,1-2H3. The van der Waals surface area contributed by atoms with Gasteiger partial charge in [-0.05, 0) is 13.3 Å². The Kier molecular flexibility index (Phi) is 3.85. The number of aliphatic hydroxyl groups is 1. The third-order valence-corrected chi connectivity index (χ3v) is 1.95.